The van der Waals surface area contributed by atoms with Gasteiger partial charge >= 0.3 is 5.97 Å². The Kier molecular flexibility index (Phi) is 10.0. The lowest BCUT2D eigenvalue weighted by Crippen LogP contribution is -2.46. The molecule has 0 spiro atoms. The number of piperazine rings is 1. The van der Waals surface area contributed by atoms with Crippen LogP contribution in [0.3, 0.4) is 0 Å². The second kappa shape index (κ2) is 15.1. The number of aryl methyl sites for hydroxylation is 1. The molecule has 0 unspecified atom stereocenters. The summed E-state index contributed by atoms with van der Waals surface area (Å²) in [5, 5.41) is 19.1. The number of nitrogens with one attached hydrogen (secondary N) is 1. The number of imidazole rings is 1. The Labute approximate surface area is 296 Å². The van der Waals surface area contributed by atoms with Gasteiger partial charge in [0.25, 0.3) is 0 Å². The lowest BCUT2D eigenvalue weighted by atomic mass is 9.99. The number of rotatable bonds is 12. The summed E-state index contributed by atoms with van der Waals surface area (Å²) in [6, 6.07) is 40.2. The Morgan fingerprint density at radius 3 is 2.20 bits per heavy atom. The zero-order valence-corrected chi connectivity index (χ0v) is 28.6. The summed E-state index contributed by atoms with van der Waals surface area (Å²) in [5.41, 5.74) is 8.82. The fourth-order valence-electron chi connectivity index (χ4n) is 6.78. The van der Waals surface area contributed by atoms with Crippen LogP contribution in [0.1, 0.15) is 27.9 Å². The molecule has 2 heterocycles. The Hall–Kier alpha value is -5.31. The van der Waals surface area contributed by atoms with Crippen LogP contribution in [-0.4, -0.2) is 57.9 Å². The topological polar surface area (TPSA) is 86.7 Å². The monoisotopic (exact) mass is 685 g/mol. The molecule has 5 aromatic carbocycles. The lowest BCUT2D eigenvalue weighted by molar-refractivity contribution is 0.0696. The first-order valence-electron chi connectivity index (χ1n) is 17.0. The number of carboxylic acid groups (broad SMARTS) is 1. The number of ether oxygens (including phenoxy) is 1. The van der Waals surface area contributed by atoms with Gasteiger partial charge in [-0.1, -0.05) is 78.3 Å². The van der Waals surface area contributed by atoms with Crippen LogP contribution in [0.5, 0.6) is 5.75 Å². The highest BCUT2D eigenvalue weighted by atomic mass is 35.5. The molecule has 0 aliphatic carbocycles. The predicted molar refractivity (Wildman–Crippen MR) is 199 cm³/mol. The van der Waals surface area contributed by atoms with Gasteiger partial charge in [-0.05, 0) is 83.3 Å². The van der Waals surface area contributed by atoms with Gasteiger partial charge in [-0.25, -0.2) is 4.79 Å². The third-order valence-corrected chi connectivity index (χ3v) is 9.68. The molecule has 7 rings (SSSR count). The van der Waals surface area contributed by atoms with E-state index in [9.17, 15) is 9.90 Å². The number of fused-ring (bicyclic) bond motifs is 1. The number of carboxylic acids is 1. The maximum Gasteiger partial charge on any atom is 0.335 e. The van der Waals surface area contributed by atoms with Gasteiger partial charge in [0.1, 0.15) is 5.75 Å². The fraction of sp³-hybridized carbons (Fsp3) is 0.220. The number of aromatic carboxylic acids is 1. The van der Waals surface area contributed by atoms with Crippen LogP contribution in [0.25, 0.3) is 22.2 Å². The number of hydrogen-bond donors (Lipinski definition) is 2. The molecule has 6 aromatic rings. The van der Waals surface area contributed by atoms with E-state index < -0.39 is 5.97 Å². The third-order valence-electron chi connectivity index (χ3n) is 9.43. The summed E-state index contributed by atoms with van der Waals surface area (Å²) >= 11 is 6.14. The quantitative estimate of drug-likeness (QED) is 0.129. The van der Waals surface area contributed by atoms with Crippen LogP contribution in [0.2, 0.25) is 5.02 Å². The smallest absolute Gasteiger partial charge is 0.335 e. The zero-order chi connectivity index (χ0) is 34.5. The van der Waals surface area contributed by atoms with Crippen molar-refractivity contribution in [3.8, 4) is 16.9 Å². The first kappa shape index (κ1) is 33.2. The highest BCUT2D eigenvalue weighted by molar-refractivity contribution is 6.30. The van der Waals surface area contributed by atoms with Crippen LogP contribution >= 0.6 is 11.6 Å². The molecule has 0 saturated carbocycles. The highest BCUT2D eigenvalue weighted by Gasteiger charge is 2.19. The average Bonchev–Trinajstić information content (AvgIpc) is 3.41. The molecular weight excluding hydrogens is 646 g/mol. The van der Waals surface area contributed by atoms with Crippen molar-refractivity contribution in [3.05, 3.63) is 149 Å². The van der Waals surface area contributed by atoms with E-state index in [0.29, 0.717) is 37.5 Å². The largest absolute Gasteiger partial charge is 0.494 e. The summed E-state index contributed by atoms with van der Waals surface area (Å²) in [4.78, 5) is 16.3. The summed E-state index contributed by atoms with van der Waals surface area (Å²) < 4.78 is 9.92. The molecule has 1 saturated heterocycles. The minimum Gasteiger partial charge on any atom is -0.494 e. The van der Waals surface area contributed by atoms with E-state index in [-0.39, 0.29) is 5.56 Å². The molecule has 1 aliphatic rings. The zero-order valence-electron chi connectivity index (χ0n) is 27.8. The fourth-order valence-corrected chi connectivity index (χ4v) is 6.91. The van der Waals surface area contributed by atoms with Crippen molar-refractivity contribution < 1.29 is 14.6 Å². The molecule has 1 fully saturated rings. The highest BCUT2D eigenvalue weighted by Crippen LogP contribution is 2.27. The van der Waals surface area contributed by atoms with Crippen LogP contribution in [0.4, 0.5) is 5.69 Å². The van der Waals surface area contributed by atoms with Crippen molar-refractivity contribution in [1.82, 2.24) is 14.0 Å². The normalized spacial score (nSPS) is 13.5. The number of para-hydroxylation sites is 2. The molecular formula is C41H40ClN5O3. The van der Waals surface area contributed by atoms with Crippen LogP contribution in [-0.2, 0) is 19.6 Å². The van der Waals surface area contributed by atoms with Crippen molar-refractivity contribution >= 4 is 34.3 Å². The molecule has 0 radical (unpaired) electrons. The number of halogens is 1. The molecule has 254 valence electrons. The molecule has 1 aliphatic heterocycles. The molecule has 1 aromatic heterocycles. The maximum absolute atomic E-state index is 11.3. The van der Waals surface area contributed by atoms with E-state index in [2.05, 4.69) is 87.2 Å². The van der Waals surface area contributed by atoms with Crippen molar-refractivity contribution in [1.29, 1.82) is 5.41 Å². The van der Waals surface area contributed by atoms with Gasteiger partial charge in [0, 0.05) is 50.0 Å². The summed E-state index contributed by atoms with van der Waals surface area (Å²) in [6.45, 7) is 6.48. The van der Waals surface area contributed by atoms with Crippen LogP contribution in [0.15, 0.2) is 121 Å². The number of nitrogens with zero attached hydrogens (tertiary/aromatic N) is 4. The molecule has 0 amide bonds. The van der Waals surface area contributed by atoms with Crippen molar-refractivity contribution in [3.63, 3.8) is 0 Å². The van der Waals surface area contributed by atoms with Crippen LogP contribution in [0, 0.1) is 5.41 Å². The SMILES string of the molecule is N=c1n(CCCOc2cccc(C(=O)O)c2)c2ccccc2n1Cc1ccc(N2CCN(Cc3ccccc3-c3ccc(Cl)cc3)CC2)cc1. The molecule has 0 bridgehead atoms. The predicted octanol–water partition coefficient (Wildman–Crippen LogP) is 7.78. The third kappa shape index (κ3) is 7.47. The summed E-state index contributed by atoms with van der Waals surface area (Å²) in [5.74, 6) is -0.445. The minimum atomic E-state index is -0.977. The Bertz CT molecular complexity index is 2150. The first-order valence-corrected chi connectivity index (χ1v) is 17.4. The van der Waals surface area contributed by atoms with Gasteiger partial charge in [-0.3, -0.25) is 10.3 Å². The van der Waals surface area contributed by atoms with Gasteiger partial charge in [-0.15, -0.1) is 0 Å². The molecule has 8 nitrogen and oxygen atoms in total. The Morgan fingerprint density at radius 1 is 0.760 bits per heavy atom. The van der Waals surface area contributed by atoms with Crippen molar-refractivity contribution in [2.24, 2.45) is 0 Å². The minimum absolute atomic E-state index is 0.201. The number of carbonyl (C=O) groups is 1. The van der Waals surface area contributed by atoms with Gasteiger partial charge in [-0.2, -0.15) is 0 Å². The second-order valence-corrected chi connectivity index (χ2v) is 13.1. The summed E-state index contributed by atoms with van der Waals surface area (Å²) in [7, 11) is 0. The van der Waals surface area contributed by atoms with E-state index in [1.807, 2.05) is 28.8 Å². The van der Waals surface area contributed by atoms with Gasteiger partial charge in [0.05, 0.1) is 29.7 Å². The Balaban J connectivity index is 0.963. The summed E-state index contributed by atoms with van der Waals surface area (Å²) in [6.07, 6.45) is 0.679. The lowest BCUT2D eigenvalue weighted by Gasteiger charge is -2.36. The first-order chi connectivity index (χ1) is 24.4. The second-order valence-electron chi connectivity index (χ2n) is 12.7. The van der Waals surface area contributed by atoms with E-state index in [1.54, 1.807) is 18.2 Å². The van der Waals surface area contributed by atoms with E-state index in [4.69, 9.17) is 21.7 Å². The molecule has 9 heteroatoms. The van der Waals surface area contributed by atoms with E-state index >= 15 is 0 Å². The number of hydrogen-bond acceptors (Lipinski definition) is 5. The average molecular weight is 686 g/mol. The van der Waals surface area contributed by atoms with E-state index in [0.717, 1.165) is 54.3 Å². The van der Waals surface area contributed by atoms with Gasteiger partial charge in [0.2, 0.25) is 5.62 Å². The molecule has 50 heavy (non-hydrogen) atoms. The Morgan fingerprint density at radius 2 is 1.46 bits per heavy atom. The molecule has 0 atom stereocenters. The standard InChI is InChI=1S/C41H40ClN5O3/c42-34-17-15-31(16-18-34)37-10-2-1-7-33(37)29-44-22-24-45(25-23-44)35-19-13-30(14-20-35)28-47-39-12-4-3-11-38(39)46(41(47)43)21-6-26-50-36-9-5-8-32(27-36)40(48)49/h1-5,7-20,27,43H,6,21-26,28-29H2,(H,48,49). The molecule has 2 N–H and O–H groups in total. The van der Waals surface area contributed by atoms with Crippen molar-refractivity contribution in [2.45, 2.75) is 26.1 Å². The number of anilines is 1. The van der Waals surface area contributed by atoms with Crippen molar-refractivity contribution in [2.75, 3.05) is 37.7 Å². The van der Waals surface area contributed by atoms with Gasteiger partial charge in [0.15, 0.2) is 0 Å². The maximum atomic E-state index is 11.3. The van der Waals surface area contributed by atoms with Crippen LogP contribution < -0.4 is 15.3 Å². The number of benzene rings is 5. The van der Waals surface area contributed by atoms with Gasteiger partial charge < -0.3 is 23.9 Å². The number of aromatic nitrogens is 2. The van der Waals surface area contributed by atoms with E-state index in [1.165, 1.54) is 28.4 Å².